The van der Waals surface area contributed by atoms with Gasteiger partial charge in [-0.25, -0.2) is 4.98 Å². The molecule has 0 spiro atoms. The van der Waals surface area contributed by atoms with Crippen molar-refractivity contribution in [3.8, 4) is 11.3 Å². The van der Waals surface area contributed by atoms with Gasteiger partial charge in [0.25, 0.3) is 0 Å². The molecular weight excluding hydrogens is 308 g/mol. The Hall–Kier alpha value is -1.61. The van der Waals surface area contributed by atoms with Gasteiger partial charge in [-0.3, -0.25) is 0 Å². The summed E-state index contributed by atoms with van der Waals surface area (Å²) in [5, 5.41) is 11.3. The standard InChI is InChI=1S/C22H26N2O/c25-21(22-15-6-13-5-14(8-15)9-16(22)7-13)10-19-17-3-1-2-4-18(17)20-11-23-12-24(19)20/h1-4,11-16,19,21-22,25H,5-10H2/t13?,14?,15?,16?,19-,21+,22?/m1/s1. The van der Waals surface area contributed by atoms with Gasteiger partial charge in [-0.15, -0.1) is 0 Å². The van der Waals surface area contributed by atoms with Crippen LogP contribution in [0.4, 0.5) is 0 Å². The quantitative estimate of drug-likeness (QED) is 0.910. The first-order chi connectivity index (χ1) is 12.3. The lowest BCUT2D eigenvalue weighted by Crippen LogP contribution is -2.49. The van der Waals surface area contributed by atoms with E-state index in [4.69, 9.17) is 0 Å². The Labute approximate surface area is 149 Å². The molecule has 4 saturated carbocycles. The van der Waals surface area contributed by atoms with Crippen LogP contribution in [0.15, 0.2) is 36.8 Å². The highest BCUT2D eigenvalue weighted by molar-refractivity contribution is 5.68. The maximum atomic E-state index is 11.3. The number of hydrogen-bond acceptors (Lipinski definition) is 2. The van der Waals surface area contributed by atoms with Gasteiger partial charge in [0, 0.05) is 5.56 Å². The van der Waals surface area contributed by atoms with Crippen molar-refractivity contribution in [2.45, 2.75) is 50.7 Å². The number of imidazole rings is 1. The zero-order valence-corrected chi connectivity index (χ0v) is 14.6. The third-order valence-electron chi connectivity index (χ3n) is 7.81. The molecule has 2 heterocycles. The summed E-state index contributed by atoms with van der Waals surface area (Å²) >= 11 is 0. The van der Waals surface area contributed by atoms with E-state index in [0.29, 0.717) is 5.92 Å². The van der Waals surface area contributed by atoms with Crippen molar-refractivity contribution in [3.05, 3.63) is 42.4 Å². The van der Waals surface area contributed by atoms with Crippen LogP contribution in [0.25, 0.3) is 11.3 Å². The number of aliphatic hydroxyl groups excluding tert-OH is 1. The van der Waals surface area contributed by atoms with Crippen molar-refractivity contribution in [3.63, 3.8) is 0 Å². The summed E-state index contributed by atoms with van der Waals surface area (Å²) < 4.78 is 2.28. The summed E-state index contributed by atoms with van der Waals surface area (Å²) in [7, 11) is 0. The van der Waals surface area contributed by atoms with Crippen LogP contribution in [0.5, 0.6) is 0 Å². The lowest BCUT2D eigenvalue weighted by atomic mass is 9.50. The molecule has 4 bridgehead atoms. The van der Waals surface area contributed by atoms with Crippen LogP contribution < -0.4 is 0 Å². The Morgan fingerprint density at radius 2 is 1.76 bits per heavy atom. The summed E-state index contributed by atoms with van der Waals surface area (Å²) in [6.45, 7) is 0. The third-order valence-corrected chi connectivity index (χ3v) is 7.81. The smallest absolute Gasteiger partial charge is 0.0956 e. The van der Waals surface area contributed by atoms with Crippen molar-refractivity contribution >= 4 is 0 Å². The van der Waals surface area contributed by atoms with E-state index in [1.165, 1.54) is 48.9 Å². The highest BCUT2D eigenvalue weighted by atomic mass is 16.3. The Kier molecular flexibility index (Phi) is 3.03. The molecular formula is C22H26N2O. The minimum absolute atomic E-state index is 0.179. The molecule has 4 aliphatic carbocycles. The molecule has 0 amide bonds. The predicted octanol–water partition coefficient (Wildman–Crippen LogP) is 4.28. The first-order valence-corrected chi connectivity index (χ1v) is 10.1. The monoisotopic (exact) mass is 334 g/mol. The van der Waals surface area contributed by atoms with Gasteiger partial charge in [-0.1, -0.05) is 24.3 Å². The van der Waals surface area contributed by atoms with Gasteiger partial charge in [-0.05, 0) is 73.7 Å². The van der Waals surface area contributed by atoms with Crippen LogP contribution in [0.2, 0.25) is 0 Å². The average molecular weight is 334 g/mol. The molecule has 0 radical (unpaired) electrons. The fourth-order valence-electron chi connectivity index (χ4n) is 7.15. The number of fused-ring (bicyclic) bond motifs is 3. The highest BCUT2D eigenvalue weighted by Gasteiger charge is 2.50. The molecule has 2 atom stereocenters. The van der Waals surface area contributed by atoms with E-state index in [0.717, 1.165) is 30.1 Å². The molecule has 130 valence electrons. The third kappa shape index (κ3) is 2.05. The van der Waals surface area contributed by atoms with Crippen LogP contribution in [-0.4, -0.2) is 20.8 Å². The lowest BCUT2D eigenvalue weighted by Gasteiger charge is -2.55. The van der Waals surface area contributed by atoms with Gasteiger partial charge in [0.2, 0.25) is 0 Å². The molecule has 7 rings (SSSR count). The van der Waals surface area contributed by atoms with Crippen molar-refractivity contribution in [2.75, 3.05) is 0 Å². The predicted molar refractivity (Wildman–Crippen MR) is 97.0 cm³/mol. The fraction of sp³-hybridized carbons (Fsp3) is 0.591. The Bertz CT molecular complexity index is 782. The van der Waals surface area contributed by atoms with Crippen molar-refractivity contribution < 1.29 is 5.11 Å². The fourth-order valence-corrected chi connectivity index (χ4v) is 7.15. The van der Waals surface area contributed by atoms with Gasteiger partial charge in [-0.2, -0.15) is 0 Å². The van der Waals surface area contributed by atoms with Crippen LogP contribution >= 0.6 is 0 Å². The number of benzene rings is 1. The number of nitrogens with zero attached hydrogens (tertiary/aromatic N) is 2. The van der Waals surface area contributed by atoms with Gasteiger partial charge in [0.15, 0.2) is 0 Å². The maximum Gasteiger partial charge on any atom is 0.0956 e. The van der Waals surface area contributed by atoms with E-state index in [9.17, 15) is 5.11 Å². The second kappa shape index (κ2) is 5.20. The van der Waals surface area contributed by atoms with Gasteiger partial charge in [0.1, 0.15) is 0 Å². The number of aromatic nitrogens is 2. The van der Waals surface area contributed by atoms with E-state index in [1.807, 2.05) is 12.5 Å². The molecule has 2 aromatic rings. The Balaban J connectivity index is 1.30. The summed E-state index contributed by atoms with van der Waals surface area (Å²) in [5.41, 5.74) is 3.86. The van der Waals surface area contributed by atoms with Crippen molar-refractivity contribution in [1.29, 1.82) is 0 Å². The van der Waals surface area contributed by atoms with Crippen LogP contribution in [0, 0.1) is 29.6 Å². The van der Waals surface area contributed by atoms with E-state index >= 15 is 0 Å². The number of aliphatic hydroxyl groups is 1. The number of hydrogen-bond donors (Lipinski definition) is 1. The number of rotatable bonds is 3. The Morgan fingerprint density at radius 1 is 1.04 bits per heavy atom. The topological polar surface area (TPSA) is 38.1 Å². The molecule has 1 aromatic heterocycles. The van der Waals surface area contributed by atoms with Crippen LogP contribution in [0.3, 0.4) is 0 Å². The molecule has 25 heavy (non-hydrogen) atoms. The van der Waals surface area contributed by atoms with Crippen LogP contribution in [-0.2, 0) is 0 Å². The minimum atomic E-state index is -0.179. The van der Waals surface area contributed by atoms with Gasteiger partial charge >= 0.3 is 0 Å². The first-order valence-electron chi connectivity index (χ1n) is 10.1. The van der Waals surface area contributed by atoms with Gasteiger partial charge in [0.05, 0.1) is 30.4 Å². The SMILES string of the molecule is O[C@@H](C[C@@H]1c2ccccc2-c2cncn21)C1C2CC3CC(C2)CC1C3. The van der Waals surface area contributed by atoms with E-state index < -0.39 is 0 Å². The van der Waals surface area contributed by atoms with E-state index in [2.05, 4.69) is 33.8 Å². The Morgan fingerprint density at radius 3 is 2.52 bits per heavy atom. The molecule has 1 N–H and O–H groups in total. The molecule has 3 nitrogen and oxygen atoms in total. The first kappa shape index (κ1) is 14.5. The molecule has 1 aromatic carbocycles. The zero-order chi connectivity index (χ0) is 16.5. The summed E-state index contributed by atoms with van der Waals surface area (Å²) in [6.07, 6.45) is 11.6. The summed E-state index contributed by atoms with van der Waals surface area (Å²) in [5.74, 6) is 4.04. The van der Waals surface area contributed by atoms with Crippen LogP contribution in [0.1, 0.15) is 50.1 Å². The van der Waals surface area contributed by atoms with Crippen molar-refractivity contribution in [2.24, 2.45) is 29.6 Å². The van der Waals surface area contributed by atoms with Gasteiger partial charge < -0.3 is 9.67 Å². The van der Waals surface area contributed by atoms with E-state index in [-0.39, 0.29) is 12.1 Å². The van der Waals surface area contributed by atoms with E-state index in [1.54, 1.807) is 0 Å². The molecule has 3 heteroatoms. The molecule has 1 aliphatic heterocycles. The molecule has 0 saturated heterocycles. The molecule has 4 fully saturated rings. The summed E-state index contributed by atoms with van der Waals surface area (Å²) in [6, 6.07) is 8.91. The molecule has 5 aliphatic rings. The summed E-state index contributed by atoms with van der Waals surface area (Å²) in [4.78, 5) is 4.37. The second-order valence-electron chi connectivity index (χ2n) is 9.10. The maximum absolute atomic E-state index is 11.3. The zero-order valence-electron chi connectivity index (χ0n) is 14.6. The average Bonchev–Trinajstić information content (AvgIpc) is 3.17. The minimum Gasteiger partial charge on any atom is -0.393 e. The molecule has 0 unspecified atom stereocenters. The normalized spacial score (nSPS) is 38.6. The highest BCUT2D eigenvalue weighted by Crippen LogP contribution is 2.58. The lowest BCUT2D eigenvalue weighted by molar-refractivity contribution is -0.0930. The second-order valence-corrected chi connectivity index (χ2v) is 9.10. The van der Waals surface area contributed by atoms with Crippen molar-refractivity contribution in [1.82, 2.24) is 9.55 Å². The largest absolute Gasteiger partial charge is 0.393 e.